The highest BCUT2D eigenvalue weighted by Crippen LogP contribution is 2.43. The van der Waals surface area contributed by atoms with Crippen LogP contribution in [0.5, 0.6) is 0 Å². The van der Waals surface area contributed by atoms with Crippen LogP contribution in [0.1, 0.15) is 13.8 Å². The standard InChI is InChI=1S/C7H9BrF5N3/c1-4(2)16-5(15(8)3-14-16)6(9,10)7(11,12)13/h3-5H,1-2H3. The minimum atomic E-state index is -5.62. The lowest BCUT2D eigenvalue weighted by atomic mass is 10.2. The Morgan fingerprint density at radius 1 is 1.25 bits per heavy atom. The van der Waals surface area contributed by atoms with Gasteiger partial charge in [-0.1, -0.05) is 0 Å². The summed E-state index contributed by atoms with van der Waals surface area (Å²) >= 11 is 2.60. The highest BCUT2D eigenvalue weighted by molar-refractivity contribution is 9.07. The quantitative estimate of drug-likeness (QED) is 0.577. The van der Waals surface area contributed by atoms with Crippen LogP contribution in [0.25, 0.3) is 0 Å². The maximum atomic E-state index is 13.2. The zero-order valence-electron chi connectivity index (χ0n) is 8.34. The monoisotopic (exact) mass is 309 g/mol. The number of nitrogens with zero attached hydrogens (tertiary/aromatic N) is 3. The number of rotatable bonds is 2. The Labute approximate surface area is 97.2 Å². The van der Waals surface area contributed by atoms with E-state index < -0.39 is 24.3 Å². The van der Waals surface area contributed by atoms with E-state index in [2.05, 4.69) is 21.2 Å². The maximum absolute atomic E-state index is 13.2. The summed E-state index contributed by atoms with van der Waals surface area (Å²) in [6.07, 6.45) is -6.94. The number of hydrogen-bond donors (Lipinski definition) is 0. The Hall–Kier alpha value is -0.600. The molecule has 1 aliphatic heterocycles. The van der Waals surface area contributed by atoms with Gasteiger partial charge in [-0.05, 0) is 13.8 Å². The molecule has 0 fully saturated rings. The van der Waals surface area contributed by atoms with Crippen molar-refractivity contribution >= 4 is 22.5 Å². The Bertz CT molecular complexity index is 290. The molecule has 1 heterocycles. The van der Waals surface area contributed by atoms with Crippen molar-refractivity contribution in [1.29, 1.82) is 0 Å². The van der Waals surface area contributed by atoms with E-state index in [4.69, 9.17) is 0 Å². The molecule has 9 heteroatoms. The molecule has 1 unspecified atom stereocenters. The molecule has 1 aliphatic rings. The van der Waals surface area contributed by atoms with Crippen LogP contribution in [0.3, 0.4) is 0 Å². The van der Waals surface area contributed by atoms with Crippen molar-refractivity contribution in [2.24, 2.45) is 5.10 Å². The molecule has 0 aromatic heterocycles. The summed E-state index contributed by atoms with van der Waals surface area (Å²) in [6.45, 7) is 2.95. The number of hydrogen-bond acceptors (Lipinski definition) is 3. The minimum Gasteiger partial charge on any atom is -0.268 e. The van der Waals surface area contributed by atoms with Crippen LogP contribution in [0.15, 0.2) is 5.10 Å². The van der Waals surface area contributed by atoms with Crippen LogP contribution in [0.4, 0.5) is 22.0 Å². The Morgan fingerprint density at radius 3 is 2.12 bits per heavy atom. The van der Waals surface area contributed by atoms with Gasteiger partial charge in [0.2, 0.25) is 6.17 Å². The molecular formula is C7H9BrF5N3. The van der Waals surface area contributed by atoms with E-state index in [0.29, 0.717) is 8.93 Å². The van der Waals surface area contributed by atoms with Gasteiger partial charge in [-0.3, -0.25) is 8.93 Å². The summed E-state index contributed by atoms with van der Waals surface area (Å²) < 4.78 is 63.6. The van der Waals surface area contributed by atoms with E-state index >= 15 is 0 Å². The van der Waals surface area contributed by atoms with E-state index in [1.165, 1.54) is 13.8 Å². The third-order valence-corrected chi connectivity index (χ3v) is 2.58. The number of halogens is 6. The second kappa shape index (κ2) is 4.01. The van der Waals surface area contributed by atoms with Gasteiger partial charge < -0.3 is 0 Å². The molecule has 1 rings (SSSR count). The van der Waals surface area contributed by atoms with Crippen LogP contribution in [0.2, 0.25) is 0 Å². The summed E-state index contributed by atoms with van der Waals surface area (Å²) in [5.41, 5.74) is 0. The van der Waals surface area contributed by atoms with E-state index in [0.717, 1.165) is 6.34 Å². The molecule has 0 spiro atoms. The van der Waals surface area contributed by atoms with Gasteiger partial charge >= 0.3 is 12.1 Å². The molecule has 3 nitrogen and oxygen atoms in total. The first-order chi connectivity index (χ1) is 7.09. The van der Waals surface area contributed by atoms with E-state index in [-0.39, 0.29) is 0 Å². The first-order valence-electron chi connectivity index (χ1n) is 4.30. The molecule has 16 heavy (non-hydrogen) atoms. The molecule has 0 N–H and O–H groups in total. The van der Waals surface area contributed by atoms with Gasteiger partial charge in [0.15, 0.2) is 0 Å². The normalized spacial score (nSPS) is 22.4. The highest BCUT2D eigenvalue weighted by atomic mass is 79.9. The molecule has 0 aliphatic carbocycles. The zero-order chi connectivity index (χ0) is 12.7. The molecule has 0 bridgehead atoms. The third-order valence-electron chi connectivity index (χ3n) is 2.01. The molecule has 0 aromatic carbocycles. The lowest BCUT2D eigenvalue weighted by Crippen LogP contribution is -2.58. The van der Waals surface area contributed by atoms with Crippen LogP contribution in [-0.2, 0) is 0 Å². The number of hydrazone groups is 1. The topological polar surface area (TPSA) is 18.8 Å². The van der Waals surface area contributed by atoms with E-state index in [1.807, 2.05) is 0 Å². The van der Waals surface area contributed by atoms with Crippen LogP contribution < -0.4 is 0 Å². The summed E-state index contributed by atoms with van der Waals surface area (Å²) in [4.78, 5) is 0. The predicted octanol–water partition coefficient (Wildman–Crippen LogP) is 2.79. The zero-order valence-corrected chi connectivity index (χ0v) is 9.93. The first kappa shape index (κ1) is 13.5. The summed E-state index contributed by atoms with van der Waals surface area (Å²) in [6, 6.07) is -0.572. The van der Waals surface area contributed by atoms with Crippen LogP contribution >= 0.6 is 16.1 Å². The molecule has 0 amide bonds. The van der Waals surface area contributed by atoms with Crippen LogP contribution in [0, 0.1) is 0 Å². The van der Waals surface area contributed by atoms with Crippen LogP contribution in [-0.4, -0.2) is 39.6 Å². The average molecular weight is 310 g/mol. The second-order valence-corrected chi connectivity index (χ2v) is 4.36. The van der Waals surface area contributed by atoms with Gasteiger partial charge in [0.05, 0.1) is 16.1 Å². The fourth-order valence-electron chi connectivity index (χ4n) is 1.23. The third kappa shape index (κ3) is 2.09. The molecule has 0 radical (unpaired) electrons. The van der Waals surface area contributed by atoms with Crippen molar-refractivity contribution in [2.75, 3.05) is 0 Å². The molecule has 1 atom stereocenters. The smallest absolute Gasteiger partial charge is 0.268 e. The van der Waals surface area contributed by atoms with E-state index in [1.54, 1.807) is 0 Å². The van der Waals surface area contributed by atoms with Crippen molar-refractivity contribution in [3.05, 3.63) is 0 Å². The largest absolute Gasteiger partial charge is 0.457 e. The van der Waals surface area contributed by atoms with Crippen molar-refractivity contribution in [3.8, 4) is 0 Å². The van der Waals surface area contributed by atoms with Gasteiger partial charge in [0.25, 0.3) is 0 Å². The minimum absolute atomic E-state index is 0.570. The van der Waals surface area contributed by atoms with Crippen molar-refractivity contribution in [3.63, 3.8) is 0 Å². The second-order valence-electron chi connectivity index (χ2n) is 3.54. The molecular weight excluding hydrogens is 301 g/mol. The van der Waals surface area contributed by atoms with Crippen molar-refractivity contribution in [1.82, 2.24) is 8.93 Å². The Balaban J connectivity index is 3.02. The van der Waals surface area contributed by atoms with Gasteiger partial charge in [0, 0.05) is 6.04 Å². The number of alkyl halides is 5. The van der Waals surface area contributed by atoms with Gasteiger partial charge in [-0.15, -0.1) is 0 Å². The lowest BCUT2D eigenvalue weighted by molar-refractivity contribution is -0.310. The fraction of sp³-hybridized carbons (Fsp3) is 0.857. The van der Waals surface area contributed by atoms with Gasteiger partial charge in [-0.2, -0.15) is 27.1 Å². The summed E-state index contributed by atoms with van der Waals surface area (Å²) in [7, 11) is 0. The van der Waals surface area contributed by atoms with Crippen molar-refractivity contribution in [2.45, 2.75) is 38.2 Å². The van der Waals surface area contributed by atoms with Gasteiger partial charge in [-0.25, -0.2) is 0 Å². The van der Waals surface area contributed by atoms with Crippen molar-refractivity contribution < 1.29 is 22.0 Å². The summed E-state index contributed by atoms with van der Waals surface area (Å²) in [5, 5.41) is 4.18. The SMILES string of the molecule is CC(C)N1N=CN(Br)C1C(F)(F)C(F)(F)F. The Kier molecular flexibility index (Phi) is 3.37. The summed E-state index contributed by atoms with van der Waals surface area (Å²) in [5.74, 6) is -4.88. The first-order valence-corrected chi connectivity index (χ1v) is 5.01. The molecule has 0 aromatic rings. The highest BCUT2D eigenvalue weighted by Gasteiger charge is 2.67. The lowest BCUT2D eigenvalue weighted by Gasteiger charge is -2.35. The van der Waals surface area contributed by atoms with Gasteiger partial charge in [0.1, 0.15) is 6.34 Å². The Morgan fingerprint density at radius 2 is 1.75 bits per heavy atom. The predicted molar refractivity (Wildman–Crippen MR) is 51.0 cm³/mol. The fourth-order valence-corrected chi connectivity index (χ4v) is 1.76. The maximum Gasteiger partial charge on any atom is 0.457 e. The molecule has 94 valence electrons. The van der Waals surface area contributed by atoms with E-state index in [9.17, 15) is 22.0 Å². The molecule has 0 saturated heterocycles. The average Bonchev–Trinajstić information content (AvgIpc) is 2.45. The molecule has 0 saturated carbocycles.